The molecule has 0 saturated carbocycles. The minimum atomic E-state index is 0.380. The van der Waals surface area contributed by atoms with Crippen molar-refractivity contribution in [2.45, 2.75) is 38.8 Å². The zero-order valence-corrected chi connectivity index (χ0v) is 19.3. The molecule has 4 aromatic rings. The molecule has 176 valence electrons. The summed E-state index contributed by atoms with van der Waals surface area (Å²) < 4.78 is 0. The minimum absolute atomic E-state index is 0.380. The molecule has 2 N–H and O–H groups in total. The Balaban J connectivity index is 0.000000142. The van der Waals surface area contributed by atoms with E-state index in [-0.39, 0.29) is 0 Å². The number of para-hydroxylation sites is 4. The third-order valence-corrected chi connectivity index (χ3v) is 6.45. The molecule has 0 amide bonds. The van der Waals surface area contributed by atoms with Crippen molar-refractivity contribution in [3.8, 4) is 0 Å². The molecule has 0 spiro atoms. The highest BCUT2D eigenvalue weighted by molar-refractivity contribution is 5.80. The number of hydrogen-bond donors (Lipinski definition) is 2. The molecule has 4 heterocycles. The number of aromatic nitrogens is 4. The number of ketones is 2. The van der Waals surface area contributed by atoms with Crippen LogP contribution in [0.2, 0.25) is 0 Å². The highest BCUT2D eigenvalue weighted by atomic mass is 16.1. The van der Waals surface area contributed by atoms with Crippen LogP contribution in [0.1, 0.15) is 37.3 Å². The quantitative estimate of drug-likeness (QED) is 0.486. The number of fused-ring (bicyclic) bond motifs is 2. The van der Waals surface area contributed by atoms with E-state index in [1.165, 1.54) is 0 Å². The van der Waals surface area contributed by atoms with Gasteiger partial charge in [-0.05, 0) is 24.3 Å². The number of aromatic amines is 2. The summed E-state index contributed by atoms with van der Waals surface area (Å²) in [4.78, 5) is 42.6. The number of likely N-dealkylation sites (tertiary alicyclic amines) is 2. The van der Waals surface area contributed by atoms with Crippen LogP contribution in [-0.4, -0.2) is 67.5 Å². The number of rotatable bonds is 4. The van der Waals surface area contributed by atoms with Crippen LogP contribution in [0.15, 0.2) is 48.5 Å². The predicted molar refractivity (Wildman–Crippen MR) is 131 cm³/mol. The number of nitrogens with one attached hydrogen (secondary N) is 2. The second-order valence-corrected chi connectivity index (χ2v) is 9.03. The minimum Gasteiger partial charge on any atom is -0.341 e. The Morgan fingerprint density at radius 3 is 1.38 bits per heavy atom. The molecule has 0 atom stereocenters. The van der Waals surface area contributed by atoms with Crippen molar-refractivity contribution >= 4 is 33.6 Å². The van der Waals surface area contributed by atoms with E-state index in [1.54, 1.807) is 0 Å². The monoisotopic (exact) mass is 458 g/mol. The number of benzene rings is 2. The molecule has 2 aromatic heterocycles. The van der Waals surface area contributed by atoms with Crippen LogP contribution in [0.25, 0.3) is 22.1 Å². The molecule has 2 saturated heterocycles. The Kier molecular flexibility index (Phi) is 6.78. The number of carbonyl (C=O) groups excluding carboxylic acids is 2. The first-order chi connectivity index (χ1) is 16.6. The van der Waals surface area contributed by atoms with E-state index in [0.29, 0.717) is 37.2 Å². The van der Waals surface area contributed by atoms with Gasteiger partial charge in [0.05, 0.1) is 35.2 Å². The Morgan fingerprint density at radius 2 is 1.00 bits per heavy atom. The van der Waals surface area contributed by atoms with Gasteiger partial charge in [-0.15, -0.1) is 0 Å². The molecule has 8 heteroatoms. The van der Waals surface area contributed by atoms with Crippen LogP contribution in [0.4, 0.5) is 0 Å². The maximum atomic E-state index is 11.2. The summed E-state index contributed by atoms with van der Waals surface area (Å²) >= 11 is 0. The number of imidazole rings is 2. The van der Waals surface area contributed by atoms with Crippen molar-refractivity contribution in [1.82, 2.24) is 29.7 Å². The lowest BCUT2D eigenvalue weighted by Crippen LogP contribution is -2.33. The molecule has 0 unspecified atom stereocenters. The van der Waals surface area contributed by atoms with Gasteiger partial charge in [-0.2, -0.15) is 0 Å². The molecule has 0 radical (unpaired) electrons. The van der Waals surface area contributed by atoms with Crippen LogP contribution in [0.5, 0.6) is 0 Å². The van der Waals surface area contributed by atoms with E-state index in [4.69, 9.17) is 0 Å². The van der Waals surface area contributed by atoms with Gasteiger partial charge in [0, 0.05) is 51.9 Å². The lowest BCUT2D eigenvalue weighted by molar-refractivity contribution is -0.122. The molecule has 8 nitrogen and oxygen atoms in total. The summed E-state index contributed by atoms with van der Waals surface area (Å²) in [6.07, 6.45) is 2.72. The molecule has 0 aliphatic carbocycles. The first-order valence-electron chi connectivity index (χ1n) is 12.0. The second-order valence-electron chi connectivity index (χ2n) is 9.03. The normalized spacial score (nSPS) is 17.8. The Morgan fingerprint density at radius 1 is 0.618 bits per heavy atom. The molecular formula is C26H30N6O2. The van der Waals surface area contributed by atoms with Crippen molar-refractivity contribution in [2.24, 2.45) is 0 Å². The SMILES string of the molecule is O=C1CCN(Cc2nc3ccccc3[nH]2)CC1.O=C1CCN(Cc2nc3ccccc3[nH]2)CC1. The highest BCUT2D eigenvalue weighted by Crippen LogP contribution is 2.15. The van der Waals surface area contributed by atoms with Gasteiger partial charge in [0.1, 0.15) is 23.2 Å². The van der Waals surface area contributed by atoms with Crippen molar-refractivity contribution in [3.05, 3.63) is 60.2 Å². The van der Waals surface area contributed by atoms with Gasteiger partial charge in [0.2, 0.25) is 0 Å². The van der Waals surface area contributed by atoms with Gasteiger partial charge in [-0.1, -0.05) is 24.3 Å². The van der Waals surface area contributed by atoms with Crippen LogP contribution in [-0.2, 0) is 22.7 Å². The summed E-state index contributed by atoms with van der Waals surface area (Å²) in [5.74, 6) is 2.73. The largest absolute Gasteiger partial charge is 0.341 e. The number of piperidine rings is 2. The smallest absolute Gasteiger partial charge is 0.135 e. The third kappa shape index (κ3) is 5.58. The van der Waals surface area contributed by atoms with Gasteiger partial charge in [-0.25, -0.2) is 9.97 Å². The van der Waals surface area contributed by atoms with Crippen LogP contribution >= 0.6 is 0 Å². The fourth-order valence-corrected chi connectivity index (χ4v) is 4.51. The van der Waals surface area contributed by atoms with E-state index in [9.17, 15) is 9.59 Å². The van der Waals surface area contributed by atoms with E-state index in [1.807, 2.05) is 48.5 Å². The van der Waals surface area contributed by atoms with Crippen molar-refractivity contribution < 1.29 is 9.59 Å². The maximum absolute atomic E-state index is 11.2. The predicted octanol–water partition coefficient (Wildman–Crippen LogP) is 3.46. The molecule has 34 heavy (non-hydrogen) atoms. The molecule has 2 aromatic carbocycles. The van der Waals surface area contributed by atoms with Crippen LogP contribution < -0.4 is 0 Å². The maximum Gasteiger partial charge on any atom is 0.135 e. The summed E-state index contributed by atoms with van der Waals surface area (Å²) in [7, 11) is 0. The number of Topliss-reactive ketones (excluding diaryl/α,β-unsaturated/α-hetero) is 2. The van der Waals surface area contributed by atoms with Gasteiger partial charge < -0.3 is 9.97 Å². The average molecular weight is 459 g/mol. The zero-order chi connectivity index (χ0) is 23.3. The summed E-state index contributed by atoms with van der Waals surface area (Å²) in [6, 6.07) is 16.1. The van der Waals surface area contributed by atoms with Gasteiger partial charge in [0.15, 0.2) is 0 Å². The first kappa shape index (κ1) is 22.4. The topological polar surface area (TPSA) is 98.0 Å². The van der Waals surface area contributed by atoms with E-state index in [2.05, 4.69) is 29.7 Å². The Bertz CT molecular complexity index is 1110. The fourth-order valence-electron chi connectivity index (χ4n) is 4.51. The van der Waals surface area contributed by atoms with E-state index in [0.717, 1.165) is 73.0 Å². The highest BCUT2D eigenvalue weighted by Gasteiger charge is 2.18. The van der Waals surface area contributed by atoms with Gasteiger partial charge >= 0.3 is 0 Å². The van der Waals surface area contributed by atoms with Crippen molar-refractivity contribution in [3.63, 3.8) is 0 Å². The fraction of sp³-hybridized carbons (Fsp3) is 0.385. The first-order valence-corrected chi connectivity index (χ1v) is 12.0. The van der Waals surface area contributed by atoms with E-state index < -0.39 is 0 Å². The van der Waals surface area contributed by atoms with Crippen molar-refractivity contribution in [1.29, 1.82) is 0 Å². The Labute approximate surface area is 198 Å². The molecule has 0 bridgehead atoms. The molecule has 2 aliphatic heterocycles. The van der Waals surface area contributed by atoms with E-state index >= 15 is 0 Å². The Hall–Kier alpha value is -3.36. The number of carbonyl (C=O) groups is 2. The second kappa shape index (κ2) is 10.3. The summed E-state index contributed by atoms with van der Waals surface area (Å²) in [6.45, 7) is 5.04. The summed E-state index contributed by atoms with van der Waals surface area (Å²) in [5.41, 5.74) is 4.18. The average Bonchev–Trinajstić information content (AvgIpc) is 3.45. The lowest BCUT2D eigenvalue weighted by atomic mass is 10.1. The molecule has 6 rings (SSSR count). The zero-order valence-electron chi connectivity index (χ0n) is 19.3. The van der Waals surface area contributed by atoms with Gasteiger partial charge in [-0.3, -0.25) is 19.4 Å². The van der Waals surface area contributed by atoms with Gasteiger partial charge in [0.25, 0.3) is 0 Å². The standard InChI is InChI=1S/2C13H15N3O/c2*17-10-5-7-16(8-6-10)9-13-14-11-3-1-2-4-12(11)15-13/h2*1-4H,5-9H2,(H,14,15). The molecule has 2 aliphatic rings. The number of nitrogens with zero attached hydrogens (tertiary/aromatic N) is 4. The van der Waals surface area contributed by atoms with Crippen LogP contribution in [0.3, 0.4) is 0 Å². The molecule has 2 fully saturated rings. The number of H-pyrrole nitrogens is 2. The lowest BCUT2D eigenvalue weighted by Gasteiger charge is -2.24. The summed E-state index contributed by atoms with van der Waals surface area (Å²) in [5, 5.41) is 0. The molecular weight excluding hydrogens is 428 g/mol. The van der Waals surface area contributed by atoms with Crippen molar-refractivity contribution in [2.75, 3.05) is 26.2 Å². The third-order valence-electron chi connectivity index (χ3n) is 6.45. The number of hydrogen-bond acceptors (Lipinski definition) is 6. The van der Waals surface area contributed by atoms with Crippen LogP contribution in [0, 0.1) is 0 Å².